The largest absolute Gasteiger partial charge is 0.489 e. The van der Waals surface area contributed by atoms with E-state index in [0.29, 0.717) is 23.9 Å². The topological polar surface area (TPSA) is 124 Å². The molecule has 10 heteroatoms. The molecule has 3 N–H and O–H groups in total. The lowest BCUT2D eigenvalue weighted by Crippen LogP contribution is -2.53. The van der Waals surface area contributed by atoms with Crippen LogP contribution in [0.1, 0.15) is 29.5 Å². The summed E-state index contributed by atoms with van der Waals surface area (Å²) in [6.07, 6.45) is 5.66. The third kappa shape index (κ3) is 5.40. The van der Waals surface area contributed by atoms with Crippen molar-refractivity contribution in [3.63, 3.8) is 0 Å². The Hall–Kier alpha value is -3.93. The third-order valence-electron chi connectivity index (χ3n) is 7.59. The highest BCUT2D eigenvalue weighted by molar-refractivity contribution is 7.86. The van der Waals surface area contributed by atoms with Gasteiger partial charge in [0.25, 0.3) is 16.0 Å². The van der Waals surface area contributed by atoms with Crippen molar-refractivity contribution in [2.75, 3.05) is 6.61 Å². The first-order chi connectivity index (χ1) is 19.7. The average Bonchev–Trinajstić information content (AvgIpc) is 3.27. The molecule has 3 aromatic carbocycles. The van der Waals surface area contributed by atoms with Crippen LogP contribution in [0, 0.1) is 12.8 Å². The molecule has 1 aliphatic carbocycles. The van der Waals surface area contributed by atoms with Crippen molar-refractivity contribution >= 4 is 22.2 Å². The van der Waals surface area contributed by atoms with Gasteiger partial charge in [-0.1, -0.05) is 54.1 Å². The van der Waals surface area contributed by atoms with E-state index < -0.39 is 15.7 Å². The maximum absolute atomic E-state index is 12.6. The van der Waals surface area contributed by atoms with Crippen molar-refractivity contribution in [3.05, 3.63) is 119 Å². The van der Waals surface area contributed by atoms with Gasteiger partial charge in [0.1, 0.15) is 24.3 Å². The van der Waals surface area contributed by atoms with Crippen LogP contribution in [0.15, 0.2) is 118 Å². The summed E-state index contributed by atoms with van der Waals surface area (Å²) < 4.78 is 36.4. The number of aryl methyl sites for hydroxylation is 1. The van der Waals surface area contributed by atoms with Crippen molar-refractivity contribution in [1.29, 1.82) is 0 Å². The van der Waals surface area contributed by atoms with E-state index in [1.165, 1.54) is 12.1 Å². The molecule has 0 radical (unpaired) electrons. The maximum atomic E-state index is 12.6. The normalized spacial score (nSPS) is 25.0. The first kappa shape index (κ1) is 27.3. The lowest BCUT2D eigenvalue weighted by atomic mass is 9.69. The molecule has 2 heterocycles. The fraction of sp³-hybridized carbons (Fsp3) is 0.226. The summed E-state index contributed by atoms with van der Waals surface area (Å²) >= 11 is 0. The van der Waals surface area contributed by atoms with Gasteiger partial charge in [0, 0.05) is 5.92 Å². The molecule has 0 bridgehead atoms. The van der Waals surface area contributed by atoms with Crippen LogP contribution in [0.4, 0.5) is 0 Å². The second-order valence-electron chi connectivity index (χ2n) is 10.7. The van der Waals surface area contributed by atoms with Gasteiger partial charge >= 0.3 is 0 Å². The lowest BCUT2D eigenvalue weighted by molar-refractivity contribution is -0.750. The van der Waals surface area contributed by atoms with Gasteiger partial charge < -0.3 is 9.84 Å². The first-order valence-electron chi connectivity index (χ1n) is 13.3. The predicted octanol–water partition coefficient (Wildman–Crippen LogP) is 4.34. The Morgan fingerprint density at radius 3 is 2.56 bits per heavy atom. The second-order valence-corrected chi connectivity index (χ2v) is 12.3. The summed E-state index contributed by atoms with van der Waals surface area (Å²) in [5.74, 6) is 8.04. The van der Waals surface area contributed by atoms with Gasteiger partial charge in [0.15, 0.2) is 0 Å². The minimum absolute atomic E-state index is 0.0583. The minimum Gasteiger partial charge on any atom is -0.489 e. The van der Waals surface area contributed by atoms with E-state index in [1.54, 1.807) is 30.7 Å². The number of hydrogen-bond donors (Lipinski definition) is 2. The van der Waals surface area contributed by atoms with Crippen molar-refractivity contribution in [2.24, 2.45) is 21.7 Å². The number of allylic oxidation sites excluding steroid dienone is 2. The van der Waals surface area contributed by atoms with Crippen molar-refractivity contribution in [2.45, 2.75) is 36.9 Å². The smallest absolute Gasteiger partial charge is 0.297 e. The summed E-state index contributed by atoms with van der Waals surface area (Å²) in [6.45, 7) is 1.97. The molecule has 1 atom stereocenters. The number of rotatable bonds is 9. The number of aliphatic imine (C=N–C) groups is 2. The highest BCUT2D eigenvalue weighted by Gasteiger charge is 2.52. The fourth-order valence-corrected chi connectivity index (χ4v) is 6.28. The van der Waals surface area contributed by atoms with Gasteiger partial charge in [0.2, 0.25) is 5.70 Å². The minimum atomic E-state index is -3.99. The molecule has 9 nitrogen and oxygen atoms in total. The molecule has 210 valence electrons. The van der Waals surface area contributed by atoms with Crippen LogP contribution in [0.2, 0.25) is 0 Å². The molecule has 3 aromatic rings. The zero-order valence-electron chi connectivity index (χ0n) is 22.6. The van der Waals surface area contributed by atoms with Gasteiger partial charge in [-0.05, 0) is 55.7 Å². The van der Waals surface area contributed by atoms with Crippen LogP contribution >= 0.6 is 0 Å². The molecule has 3 aliphatic rings. The number of hydrogen-bond acceptors (Lipinski definition) is 8. The molecular formula is C31H31N4O5S+. The summed E-state index contributed by atoms with van der Waals surface area (Å²) in [5.41, 5.74) is 2.93. The number of benzene rings is 3. The second kappa shape index (κ2) is 10.5. The Balaban J connectivity index is 1.18. The molecule has 2 aliphatic heterocycles. The van der Waals surface area contributed by atoms with E-state index in [9.17, 15) is 13.5 Å². The van der Waals surface area contributed by atoms with E-state index in [2.05, 4.69) is 4.99 Å². The quantitative estimate of drug-likeness (QED) is 0.224. The van der Waals surface area contributed by atoms with E-state index in [4.69, 9.17) is 19.8 Å². The van der Waals surface area contributed by atoms with Gasteiger partial charge in [-0.3, -0.25) is 9.18 Å². The summed E-state index contributed by atoms with van der Waals surface area (Å²) in [5, 5.41) is 11.1. The monoisotopic (exact) mass is 571 g/mol. The van der Waals surface area contributed by atoms with E-state index >= 15 is 0 Å². The molecule has 0 aromatic heterocycles. The molecule has 6 rings (SSSR count). The summed E-state index contributed by atoms with van der Waals surface area (Å²) in [6, 6.07) is 24.0. The van der Waals surface area contributed by atoms with Crippen molar-refractivity contribution in [1.82, 2.24) is 0 Å². The van der Waals surface area contributed by atoms with Crippen LogP contribution in [-0.2, 0) is 20.9 Å². The molecule has 1 unspecified atom stereocenters. The molecule has 0 spiro atoms. The number of nitrogens with zero attached hydrogens (tertiary/aromatic N) is 3. The van der Waals surface area contributed by atoms with E-state index in [0.717, 1.165) is 22.4 Å². The van der Waals surface area contributed by atoms with Crippen LogP contribution in [0.25, 0.3) is 0 Å². The fourth-order valence-electron chi connectivity index (χ4n) is 5.30. The van der Waals surface area contributed by atoms with Gasteiger partial charge in [-0.15, -0.1) is 4.59 Å². The Morgan fingerprint density at radius 1 is 1.05 bits per heavy atom. The Labute approximate surface area is 239 Å². The Kier molecular flexibility index (Phi) is 6.96. The van der Waals surface area contributed by atoms with Gasteiger partial charge in [-0.2, -0.15) is 19.3 Å². The molecule has 41 heavy (non-hydrogen) atoms. The highest BCUT2D eigenvalue weighted by Crippen LogP contribution is 2.47. The number of amidine groups is 1. The number of aliphatic hydroxyl groups is 1. The summed E-state index contributed by atoms with van der Waals surface area (Å²) in [7, 11) is -3.99. The van der Waals surface area contributed by atoms with Crippen LogP contribution < -0.4 is 10.6 Å². The van der Waals surface area contributed by atoms with Crippen LogP contribution in [0.3, 0.4) is 0 Å². The third-order valence-corrected chi connectivity index (χ3v) is 8.87. The van der Waals surface area contributed by atoms with E-state index in [-0.39, 0.29) is 34.9 Å². The van der Waals surface area contributed by atoms with Gasteiger partial charge in [-0.25, -0.2) is 0 Å². The Bertz CT molecular complexity index is 1690. The number of ether oxygens (including phenoxy) is 1. The van der Waals surface area contributed by atoms with Crippen molar-refractivity contribution < 1.29 is 27.0 Å². The molecular weight excluding hydrogens is 540 g/mol. The molecule has 1 fully saturated rings. The zero-order valence-corrected chi connectivity index (χ0v) is 23.4. The number of quaternary nitrogens is 1. The van der Waals surface area contributed by atoms with E-state index in [1.807, 2.05) is 61.5 Å². The first-order valence-corrected chi connectivity index (χ1v) is 14.7. The van der Waals surface area contributed by atoms with Crippen LogP contribution in [-0.4, -0.2) is 42.4 Å². The van der Waals surface area contributed by atoms with Gasteiger partial charge in [0.05, 0.1) is 35.1 Å². The SMILES string of the molecule is Cc1ccc(S(=O)(=O)OCC2(O)CC(C3=C4C=NC=C[N+]4(N)C(c4cccc(OCc5ccccc5)c4)=N3)C2)cc1. The maximum Gasteiger partial charge on any atom is 0.297 e. The zero-order chi connectivity index (χ0) is 28.7. The summed E-state index contributed by atoms with van der Waals surface area (Å²) in [4.78, 5) is 9.31. The lowest BCUT2D eigenvalue weighted by Gasteiger charge is -2.42. The standard InChI is InChI=1S/C31H31N4O5S/c1-22-10-12-27(13-11-22)41(37,38)40-21-31(36)17-25(18-31)29-28-19-33-14-15-35(28,32)30(34-29)24-8-5-9-26(16-24)39-20-23-6-3-2-4-7-23/h2-16,19,25,36H,17-18,20-21,32H2,1H3/q+1. The highest BCUT2D eigenvalue weighted by atomic mass is 32.2. The van der Waals surface area contributed by atoms with Crippen molar-refractivity contribution in [3.8, 4) is 5.75 Å². The Morgan fingerprint density at radius 2 is 1.80 bits per heavy atom. The average molecular weight is 572 g/mol. The molecule has 0 saturated heterocycles. The number of nitrogens with two attached hydrogens (primary N) is 1. The molecule has 0 amide bonds. The predicted molar refractivity (Wildman–Crippen MR) is 155 cm³/mol. The van der Waals surface area contributed by atoms with Crippen LogP contribution in [0.5, 0.6) is 5.75 Å². The number of fused-ring (bicyclic) bond motifs is 1. The molecule has 1 saturated carbocycles.